The zero-order valence-corrected chi connectivity index (χ0v) is 22.6. The van der Waals surface area contributed by atoms with Crippen molar-refractivity contribution in [3.05, 3.63) is 85.8 Å². The summed E-state index contributed by atoms with van der Waals surface area (Å²) < 4.78 is 6.48. The molecule has 40 heavy (non-hydrogen) atoms. The predicted molar refractivity (Wildman–Crippen MR) is 151 cm³/mol. The van der Waals surface area contributed by atoms with Gasteiger partial charge in [0.2, 0.25) is 5.91 Å². The number of para-hydroxylation sites is 2. The van der Waals surface area contributed by atoms with E-state index in [2.05, 4.69) is 15.2 Å². The van der Waals surface area contributed by atoms with Gasteiger partial charge in [0.1, 0.15) is 17.1 Å². The van der Waals surface area contributed by atoms with Crippen molar-refractivity contribution >= 4 is 50.4 Å². The number of rotatable bonds is 7. The Kier molecular flexibility index (Phi) is 7.47. The molecule has 206 valence electrons. The van der Waals surface area contributed by atoms with Gasteiger partial charge in [0.25, 0.3) is 17.2 Å². The maximum atomic E-state index is 13.4. The van der Waals surface area contributed by atoms with Gasteiger partial charge >= 0.3 is 0 Å². The summed E-state index contributed by atoms with van der Waals surface area (Å²) >= 11 is 1.17. The molecule has 0 saturated carbocycles. The minimum Gasteiger partial charge on any atom is -0.495 e. The number of hydrogen-bond donors (Lipinski definition) is 1. The van der Waals surface area contributed by atoms with Crippen LogP contribution in [-0.2, 0) is 11.3 Å². The first-order valence-electron chi connectivity index (χ1n) is 12.5. The molecule has 12 nitrogen and oxygen atoms in total. The van der Waals surface area contributed by atoms with Crippen LogP contribution in [0.15, 0.2) is 59.7 Å². The van der Waals surface area contributed by atoms with Crippen LogP contribution in [0.1, 0.15) is 15.2 Å². The fourth-order valence-corrected chi connectivity index (χ4v) is 5.77. The molecule has 2 aromatic heterocycles. The number of benzene rings is 2. The number of nitrogens with one attached hydrogen (secondary N) is 1. The molecule has 1 N–H and O–H groups in total. The predicted octanol–water partition coefficient (Wildman–Crippen LogP) is 3.28. The molecular weight excluding hydrogens is 536 g/mol. The molecule has 1 aliphatic heterocycles. The van der Waals surface area contributed by atoms with E-state index < -0.39 is 16.4 Å². The summed E-state index contributed by atoms with van der Waals surface area (Å²) in [6.07, 6.45) is 1.32. The molecule has 0 unspecified atom stereocenters. The third kappa shape index (κ3) is 5.23. The number of thiophene rings is 1. The topological polar surface area (TPSA) is 140 Å². The number of non-ortho nitro benzene ring substituents is 1. The Balaban J connectivity index is 1.29. The lowest BCUT2D eigenvalue weighted by molar-refractivity contribution is -0.384. The number of carbonyl (C=O) groups excluding carboxylic acids is 2. The van der Waals surface area contributed by atoms with Crippen LogP contribution >= 0.6 is 11.3 Å². The van der Waals surface area contributed by atoms with Crippen molar-refractivity contribution in [2.75, 3.05) is 43.5 Å². The second-order valence-electron chi connectivity index (χ2n) is 9.22. The van der Waals surface area contributed by atoms with E-state index in [-0.39, 0.29) is 18.1 Å². The minimum absolute atomic E-state index is 0.0301. The molecular formula is C27H26N6O6S. The van der Waals surface area contributed by atoms with E-state index in [9.17, 15) is 24.5 Å². The molecule has 3 heterocycles. The maximum absolute atomic E-state index is 13.4. The lowest BCUT2D eigenvalue weighted by Crippen LogP contribution is -2.48. The highest BCUT2D eigenvalue weighted by Crippen LogP contribution is 2.29. The van der Waals surface area contributed by atoms with Gasteiger partial charge in [-0.3, -0.25) is 29.1 Å². The normalized spacial score (nSPS) is 13.3. The third-order valence-corrected chi connectivity index (χ3v) is 7.99. The van der Waals surface area contributed by atoms with Crippen molar-refractivity contribution in [2.45, 2.75) is 13.5 Å². The van der Waals surface area contributed by atoms with E-state index in [1.54, 1.807) is 48.2 Å². The zero-order chi connectivity index (χ0) is 28.4. The number of nitro benzene ring substituents is 1. The van der Waals surface area contributed by atoms with Crippen LogP contribution in [0.4, 0.5) is 17.1 Å². The standard InChI is InChI=1S/C27H26N6O6S/c1-17-23-25(28-16-32(26(23)35)15-22(34)29-20-5-3-4-6-21(20)39-2)40-24(17)27(36)31-13-11-30(12-14-31)18-7-9-19(10-8-18)33(37)38/h3-10,16H,11-15H2,1-2H3,(H,29,34). The molecule has 2 amide bonds. The number of nitro groups is 1. The van der Waals surface area contributed by atoms with Crippen LogP contribution < -0.4 is 20.5 Å². The van der Waals surface area contributed by atoms with Gasteiger partial charge in [0.15, 0.2) is 0 Å². The Labute approximate surface area is 232 Å². The highest BCUT2D eigenvalue weighted by Gasteiger charge is 2.27. The van der Waals surface area contributed by atoms with Crippen LogP contribution in [0, 0.1) is 17.0 Å². The summed E-state index contributed by atoms with van der Waals surface area (Å²) in [7, 11) is 1.50. The summed E-state index contributed by atoms with van der Waals surface area (Å²) in [6, 6.07) is 13.3. The molecule has 0 bridgehead atoms. The van der Waals surface area contributed by atoms with Gasteiger partial charge in [-0.1, -0.05) is 12.1 Å². The Hall–Kier alpha value is -4.78. The Morgan fingerprint density at radius 2 is 1.80 bits per heavy atom. The van der Waals surface area contributed by atoms with E-state index >= 15 is 0 Å². The number of anilines is 2. The van der Waals surface area contributed by atoms with Crippen LogP contribution in [0.5, 0.6) is 5.75 Å². The lowest BCUT2D eigenvalue weighted by atomic mass is 10.2. The Bertz CT molecular complexity index is 1660. The first-order valence-corrected chi connectivity index (χ1v) is 13.3. The molecule has 0 spiro atoms. The first kappa shape index (κ1) is 26.8. The van der Waals surface area contributed by atoms with Crippen LogP contribution in [0.25, 0.3) is 10.2 Å². The molecule has 13 heteroatoms. The molecule has 0 radical (unpaired) electrons. The number of ether oxygens (including phenoxy) is 1. The van der Waals surface area contributed by atoms with Crippen molar-refractivity contribution in [2.24, 2.45) is 0 Å². The fraction of sp³-hybridized carbons (Fsp3) is 0.259. The van der Waals surface area contributed by atoms with Crippen LogP contribution in [-0.4, -0.2) is 64.5 Å². The van der Waals surface area contributed by atoms with E-state index in [1.165, 1.54) is 41.5 Å². The summed E-state index contributed by atoms with van der Waals surface area (Å²) in [5, 5.41) is 14.0. The molecule has 5 rings (SSSR count). The second-order valence-corrected chi connectivity index (χ2v) is 10.2. The van der Waals surface area contributed by atoms with Crippen molar-refractivity contribution in [3.63, 3.8) is 0 Å². The number of aromatic nitrogens is 2. The van der Waals surface area contributed by atoms with E-state index in [1.807, 2.05) is 0 Å². The lowest BCUT2D eigenvalue weighted by Gasteiger charge is -2.36. The number of amides is 2. The minimum atomic E-state index is -0.436. The van der Waals surface area contributed by atoms with Gasteiger partial charge in [0, 0.05) is 44.0 Å². The third-order valence-electron chi connectivity index (χ3n) is 6.80. The molecule has 1 saturated heterocycles. The number of piperazine rings is 1. The van der Waals surface area contributed by atoms with E-state index in [0.29, 0.717) is 58.3 Å². The highest BCUT2D eigenvalue weighted by atomic mass is 32.1. The quantitative estimate of drug-likeness (QED) is 0.267. The number of fused-ring (bicyclic) bond motifs is 1. The average Bonchev–Trinajstić information content (AvgIpc) is 3.31. The van der Waals surface area contributed by atoms with Crippen molar-refractivity contribution in [3.8, 4) is 5.75 Å². The summed E-state index contributed by atoms with van der Waals surface area (Å²) in [4.78, 5) is 58.9. The number of carbonyl (C=O) groups is 2. The maximum Gasteiger partial charge on any atom is 0.269 e. The Morgan fingerprint density at radius 3 is 2.48 bits per heavy atom. The summed E-state index contributed by atoms with van der Waals surface area (Å²) in [5.74, 6) is -0.0891. The molecule has 0 aliphatic carbocycles. The average molecular weight is 563 g/mol. The summed E-state index contributed by atoms with van der Waals surface area (Å²) in [6.45, 7) is 3.54. The van der Waals surface area contributed by atoms with Gasteiger partial charge in [-0.25, -0.2) is 4.98 Å². The van der Waals surface area contributed by atoms with Gasteiger partial charge in [-0.15, -0.1) is 11.3 Å². The number of aryl methyl sites for hydroxylation is 1. The molecule has 2 aromatic carbocycles. The molecule has 1 aliphatic rings. The van der Waals surface area contributed by atoms with Crippen molar-refractivity contribution in [1.82, 2.24) is 14.5 Å². The highest BCUT2D eigenvalue weighted by molar-refractivity contribution is 7.20. The number of hydrogen-bond acceptors (Lipinski definition) is 9. The monoisotopic (exact) mass is 562 g/mol. The van der Waals surface area contributed by atoms with Gasteiger partial charge < -0.3 is 19.9 Å². The molecule has 4 aromatic rings. The van der Waals surface area contributed by atoms with Gasteiger partial charge in [-0.05, 0) is 36.8 Å². The summed E-state index contributed by atoms with van der Waals surface area (Å²) in [5.41, 5.74) is 1.53. The molecule has 1 fully saturated rings. The largest absolute Gasteiger partial charge is 0.495 e. The zero-order valence-electron chi connectivity index (χ0n) is 21.8. The first-order chi connectivity index (χ1) is 19.3. The van der Waals surface area contributed by atoms with Crippen LogP contribution in [0.3, 0.4) is 0 Å². The van der Waals surface area contributed by atoms with Crippen molar-refractivity contribution < 1.29 is 19.2 Å². The smallest absolute Gasteiger partial charge is 0.269 e. The SMILES string of the molecule is COc1ccccc1NC(=O)Cn1cnc2sc(C(=O)N3CCN(c4ccc([N+](=O)[O-])cc4)CC3)c(C)c2c1=O. The second kappa shape index (κ2) is 11.1. The van der Waals surface area contributed by atoms with Gasteiger partial charge in [0.05, 0.1) is 34.3 Å². The number of nitrogens with zero attached hydrogens (tertiary/aromatic N) is 5. The fourth-order valence-electron chi connectivity index (χ4n) is 4.66. The van der Waals surface area contributed by atoms with Crippen molar-refractivity contribution in [1.29, 1.82) is 0 Å². The Morgan fingerprint density at radius 1 is 1.10 bits per heavy atom. The van der Waals surface area contributed by atoms with Gasteiger partial charge in [-0.2, -0.15) is 0 Å². The van der Waals surface area contributed by atoms with E-state index in [4.69, 9.17) is 4.74 Å². The molecule has 0 atom stereocenters. The van der Waals surface area contributed by atoms with Crippen LogP contribution in [0.2, 0.25) is 0 Å². The van der Waals surface area contributed by atoms with E-state index in [0.717, 1.165) is 5.69 Å². The number of methoxy groups -OCH3 is 1.